The predicted molar refractivity (Wildman–Crippen MR) is 64.7 cm³/mol. The summed E-state index contributed by atoms with van der Waals surface area (Å²) in [6, 6.07) is 5.21. The molecule has 0 aliphatic rings. The number of halogens is 3. The summed E-state index contributed by atoms with van der Waals surface area (Å²) in [5.41, 5.74) is 1.91. The summed E-state index contributed by atoms with van der Waals surface area (Å²) in [5.74, 6) is 3.38. The van der Waals surface area contributed by atoms with Crippen LogP contribution in [0.15, 0.2) is 24.3 Å². The number of alkyl halides is 3. The minimum absolute atomic E-state index is 0.188. The molecule has 1 amide bonds. The van der Waals surface area contributed by atoms with Crippen molar-refractivity contribution in [3.63, 3.8) is 0 Å². The monoisotopic (exact) mass is 292 g/mol. The van der Waals surface area contributed by atoms with Gasteiger partial charge in [0, 0.05) is 0 Å². The minimum atomic E-state index is -4.84. The number of amides is 1. The van der Waals surface area contributed by atoms with Crippen molar-refractivity contribution in [3.05, 3.63) is 24.3 Å². The Morgan fingerprint density at radius 1 is 1.25 bits per heavy atom. The maximum atomic E-state index is 12.3. The Morgan fingerprint density at radius 3 is 2.25 bits per heavy atom. The van der Waals surface area contributed by atoms with Crippen LogP contribution in [0.5, 0.6) is 11.5 Å². The molecule has 1 aromatic carbocycles. The van der Waals surface area contributed by atoms with Crippen molar-refractivity contribution in [1.29, 1.82) is 0 Å². The molecule has 0 saturated heterocycles. The minimum Gasteiger partial charge on any atom is -0.476 e. The molecule has 0 spiro atoms. The third-order valence-electron chi connectivity index (χ3n) is 2.33. The van der Waals surface area contributed by atoms with Crippen LogP contribution in [0.3, 0.4) is 0 Å². The van der Waals surface area contributed by atoms with Crippen LogP contribution in [0.2, 0.25) is 0 Å². The molecular weight excluding hydrogens is 277 g/mol. The second-order valence-corrected chi connectivity index (χ2v) is 4.29. The molecule has 1 unspecified atom stereocenters. The van der Waals surface area contributed by atoms with Gasteiger partial charge in [0.2, 0.25) is 0 Å². The van der Waals surface area contributed by atoms with Gasteiger partial charge in [0.1, 0.15) is 0 Å². The van der Waals surface area contributed by atoms with E-state index in [1.807, 2.05) is 5.43 Å². The largest absolute Gasteiger partial charge is 0.573 e. The van der Waals surface area contributed by atoms with Gasteiger partial charge < -0.3 is 9.47 Å². The Kier molecular flexibility index (Phi) is 5.20. The Morgan fingerprint density at radius 2 is 1.80 bits per heavy atom. The Labute approximate surface area is 113 Å². The van der Waals surface area contributed by atoms with E-state index in [0.29, 0.717) is 0 Å². The van der Waals surface area contributed by atoms with E-state index in [-0.39, 0.29) is 11.7 Å². The lowest BCUT2D eigenvalue weighted by Crippen LogP contribution is -2.44. The highest BCUT2D eigenvalue weighted by molar-refractivity contribution is 5.80. The van der Waals surface area contributed by atoms with Crippen LogP contribution in [0.4, 0.5) is 13.2 Å². The van der Waals surface area contributed by atoms with Crippen LogP contribution in [-0.2, 0) is 4.79 Å². The van der Waals surface area contributed by atoms with Crippen LogP contribution in [-0.4, -0.2) is 18.4 Å². The SMILES string of the molecule is CC(C)C(Oc1ccccc1OC(F)(F)F)C(=O)NN. The zero-order chi connectivity index (χ0) is 15.3. The number of ether oxygens (including phenoxy) is 2. The van der Waals surface area contributed by atoms with Crippen molar-refractivity contribution < 1.29 is 27.4 Å². The van der Waals surface area contributed by atoms with Crippen LogP contribution >= 0.6 is 0 Å². The van der Waals surface area contributed by atoms with Crippen molar-refractivity contribution in [2.45, 2.75) is 26.3 Å². The van der Waals surface area contributed by atoms with Crippen molar-refractivity contribution in [2.24, 2.45) is 11.8 Å². The molecule has 0 aromatic heterocycles. The molecule has 5 nitrogen and oxygen atoms in total. The topological polar surface area (TPSA) is 73.6 Å². The molecule has 0 aliphatic heterocycles. The van der Waals surface area contributed by atoms with E-state index in [1.54, 1.807) is 13.8 Å². The molecule has 20 heavy (non-hydrogen) atoms. The summed E-state index contributed by atoms with van der Waals surface area (Å²) in [6.07, 6.45) is -5.87. The van der Waals surface area contributed by atoms with Crippen LogP contribution in [0, 0.1) is 5.92 Å². The molecular formula is C12H15F3N2O3. The summed E-state index contributed by atoms with van der Waals surface area (Å²) in [6.45, 7) is 3.35. The molecule has 112 valence electrons. The van der Waals surface area contributed by atoms with E-state index < -0.39 is 24.1 Å². The third-order valence-corrected chi connectivity index (χ3v) is 2.33. The maximum Gasteiger partial charge on any atom is 0.573 e. The Balaban J connectivity index is 2.98. The van der Waals surface area contributed by atoms with Gasteiger partial charge in [-0.2, -0.15) is 0 Å². The molecule has 0 heterocycles. The molecule has 0 bridgehead atoms. The number of nitrogens with one attached hydrogen (secondary N) is 1. The second kappa shape index (κ2) is 6.47. The number of nitrogens with two attached hydrogens (primary N) is 1. The number of hydrogen-bond acceptors (Lipinski definition) is 4. The highest BCUT2D eigenvalue weighted by Crippen LogP contribution is 2.33. The number of carbonyl (C=O) groups excluding carboxylic acids is 1. The van der Waals surface area contributed by atoms with Gasteiger partial charge >= 0.3 is 6.36 Å². The second-order valence-electron chi connectivity index (χ2n) is 4.29. The van der Waals surface area contributed by atoms with E-state index in [4.69, 9.17) is 10.6 Å². The molecule has 3 N–H and O–H groups in total. The van der Waals surface area contributed by atoms with E-state index in [9.17, 15) is 18.0 Å². The van der Waals surface area contributed by atoms with Gasteiger partial charge in [-0.3, -0.25) is 10.2 Å². The van der Waals surface area contributed by atoms with Gasteiger partial charge in [-0.1, -0.05) is 26.0 Å². The number of carbonyl (C=O) groups is 1. The fraction of sp³-hybridized carbons (Fsp3) is 0.417. The van der Waals surface area contributed by atoms with Gasteiger partial charge in [0.15, 0.2) is 17.6 Å². The molecule has 1 atom stereocenters. The van der Waals surface area contributed by atoms with Gasteiger partial charge in [0.25, 0.3) is 5.91 Å². The van der Waals surface area contributed by atoms with Crippen LogP contribution in [0.25, 0.3) is 0 Å². The van der Waals surface area contributed by atoms with Crippen LogP contribution < -0.4 is 20.7 Å². The molecule has 1 aromatic rings. The Bertz CT molecular complexity index is 464. The fourth-order valence-corrected chi connectivity index (χ4v) is 1.47. The molecule has 1 rings (SSSR count). The first kappa shape index (κ1) is 16.1. The van der Waals surface area contributed by atoms with Gasteiger partial charge in [-0.25, -0.2) is 5.84 Å². The van der Waals surface area contributed by atoms with E-state index in [2.05, 4.69) is 4.74 Å². The van der Waals surface area contributed by atoms with Crippen molar-refractivity contribution in [2.75, 3.05) is 0 Å². The number of para-hydroxylation sites is 2. The summed E-state index contributed by atoms with van der Waals surface area (Å²) in [4.78, 5) is 11.5. The van der Waals surface area contributed by atoms with E-state index in [0.717, 1.165) is 6.07 Å². The summed E-state index contributed by atoms with van der Waals surface area (Å²) < 4.78 is 45.9. The van der Waals surface area contributed by atoms with Crippen molar-refractivity contribution in [1.82, 2.24) is 5.43 Å². The molecule has 0 saturated carbocycles. The predicted octanol–water partition coefficient (Wildman–Crippen LogP) is 1.98. The first-order valence-electron chi connectivity index (χ1n) is 5.76. The maximum absolute atomic E-state index is 12.3. The van der Waals surface area contributed by atoms with Gasteiger partial charge in [-0.15, -0.1) is 13.2 Å². The number of rotatable bonds is 5. The van der Waals surface area contributed by atoms with Gasteiger partial charge in [0.05, 0.1) is 0 Å². The normalized spacial score (nSPS) is 12.9. The average Bonchev–Trinajstić information content (AvgIpc) is 2.34. The zero-order valence-electron chi connectivity index (χ0n) is 10.9. The lowest BCUT2D eigenvalue weighted by Gasteiger charge is -2.22. The first-order chi connectivity index (χ1) is 9.24. The highest BCUT2D eigenvalue weighted by Gasteiger charge is 2.33. The summed E-state index contributed by atoms with van der Waals surface area (Å²) >= 11 is 0. The standard InChI is InChI=1S/C12H15F3N2O3/c1-7(2)10(11(18)17-16)19-8-5-3-4-6-9(8)20-12(13,14)15/h3-7,10H,16H2,1-2H3,(H,17,18). The first-order valence-corrected chi connectivity index (χ1v) is 5.76. The third kappa shape index (κ3) is 4.61. The van der Waals surface area contributed by atoms with Crippen molar-refractivity contribution >= 4 is 5.91 Å². The molecule has 8 heteroatoms. The van der Waals surface area contributed by atoms with Crippen molar-refractivity contribution in [3.8, 4) is 11.5 Å². The summed E-state index contributed by atoms with van der Waals surface area (Å²) in [5, 5.41) is 0. The van der Waals surface area contributed by atoms with Gasteiger partial charge in [-0.05, 0) is 18.1 Å². The summed E-state index contributed by atoms with van der Waals surface area (Å²) in [7, 11) is 0. The quantitative estimate of drug-likeness (QED) is 0.494. The number of hydrogen-bond donors (Lipinski definition) is 2. The van der Waals surface area contributed by atoms with E-state index >= 15 is 0 Å². The lowest BCUT2D eigenvalue weighted by molar-refractivity contribution is -0.275. The van der Waals surface area contributed by atoms with E-state index in [1.165, 1.54) is 18.2 Å². The average molecular weight is 292 g/mol. The smallest absolute Gasteiger partial charge is 0.476 e. The van der Waals surface area contributed by atoms with Crippen LogP contribution in [0.1, 0.15) is 13.8 Å². The Hall–Kier alpha value is -1.96. The molecule has 0 aliphatic carbocycles. The highest BCUT2D eigenvalue weighted by atomic mass is 19.4. The number of hydrazine groups is 1. The molecule has 0 fully saturated rings. The lowest BCUT2D eigenvalue weighted by atomic mass is 10.1. The number of benzene rings is 1. The molecule has 0 radical (unpaired) electrons. The fourth-order valence-electron chi connectivity index (χ4n) is 1.47. The zero-order valence-corrected chi connectivity index (χ0v) is 10.9.